The van der Waals surface area contributed by atoms with Gasteiger partial charge in [-0.15, -0.1) is 0 Å². The van der Waals surface area contributed by atoms with Crippen LogP contribution in [0.4, 0.5) is 19.1 Å². The number of anilines is 1. The third-order valence-electron chi connectivity index (χ3n) is 4.62. The molecule has 0 saturated carbocycles. The second-order valence-electron chi connectivity index (χ2n) is 6.03. The molecule has 0 radical (unpaired) electrons. The summed E-state index contributed by atoms with van der Waals surface area (Å²) in [7, 11) is 0. The largest absolute Gasteiger partial charge is 0.433 e. The number of hydrogen-bond acceptors (Lipinski definition) is 4. The number of hydrogen-bond donors (Lipinski definition) is 1. The van der Waals surface area contributed by atoms with Gasteiger partial charge in [0.15, 0.2) is 0 Å². The van der Waals surface area contributed by atoms with Crippen molar-refractivity contribution in [3.05, 3.63) is 18.0 Å². The van der Waals surface area contributed by atoms with Crippen LogP contribution in [0, 0.1) is 5.92 Å². The monoisotopic (exact) mass is 330 g/mol. The molecule has 2 rings (SSSR count). The van der Waals surface area contributed by atoms with Gasteiger partial charge in [0.1, 0.15) is 5.69 Å². The van der Waals surface area contributed by atoms with E-state index in [0.717, 1.165) is 38.2 Å². The molecule has 2 heterocycles. The summed E-state index contributed by atoms with van der Waals surface area (Å²) >= 11 is 0. The van der Waals surface area contributed by atoms with Crippen LogP contribution in [0.1, 0.15) is 45.2 Å². The highest BCUT2D eigenvalue weighted by molar-refractivity contribution is 5.26. The van der Waals surface area contributed by atoms with Crippen LogP contribution < -0.4 is 5.32 Å². The Morgan fingerprint density at radius 1 is 1.22 bits per heavy atom. The molecule has 130 valence electrons. The molecule has 1 aromatic rings. The summed E-state index contributed by atoms with van der Waals surface area (Å²) in [6.07, 6.45) is 1.21. The molecule has 1 aliphatic heterocycles. The van der Waals surface area contributed by atoms with E-state index >= 15 is 0 Å². The van der Waals surface area contributed by atoms with Gasteiger partial charge in [0.05, 0.1) is 0 Å². The van der Waals surface area contributed by atoms with Crippen molar-refractivity contribution in [3.63, 3.8) is 0 Å². The van der Waals surface area contributed by atoms with Gasteiger partial charge in [-0.05, 0) is 37.9 Å². The lowest BCUT2D eigenvalue weighted by Crippen LogP contribution is -2.43. The van der Waals surface area contributed by atoms with E-state index in [1.54, 1.807) is 0 Å². The van der Waals surface area contributed by atoms with Gasteiger partial charge in [0, 0.05) is 18.8 Å². The molecule has 1 N–H and O–H groups in total. The van der Waals surface area contributed by atoms with E-state index < -0.39 is 11.9 Å². The van der Waals surface area contributed by atoms with Crippen molar-refractivity contribution in [2.45, 2.75) is 51.7 Å². The van der Waals surface area contributed by atoms with Crippen LogP contribution in [-0.2, 0) is 6.18 Å². The second-order valence-corrected chi connectivity index (χ2v) is 6.03. The molecule has 0 amide bonds. The molecule has 0 spiro atoms. The van der Waals surface area contributed by atoms with Gasteiger partial charge in [-0.2, -0.15) is 13.2 Å². The summed E-state index contributed by atoms with van der Waals surface area (Å²) in [5, 5.41) is 3.02. The molecule has 1 aromatic heterocycles. The van der Waals surface area contributed by atoms with E-state index in [1.165, 1.54) is 12.8 Å². The van der Waals surface area contributed by atoms with Crippen LogP contribution in [0.25, 0.3) is 0 Å². The molecule has 23 heavy (non-hydrogen) atoms. The van der Waals surface area contributed by atoms with E-state index in [4.69, 9.17) is 0 Å². The number of nitrogens with one attached hydrogen (secondary N) is 1. The summed E-state index contributed by atoms with van der Waals surface area (Å²) in [6, 6.07) is 1.20. The predicted octanol–water partition coefficient (Wildman–Crippen LogP) is 3.81. The highest BCUT2D eigenvalue weighted by atomic mass is 19.4. The van der Waals surface area contributed by atoms with Gasteiger partial charge in [0.25, 0.3) is 0 Å². The minimum Gasteiger partial charge on any atom is -0.353 e. The van der Waals surface area contributed by atoms with Crippen molar-refractivity contribution in [3.8, 4) is 0 Å². The smallest absolute Gasteiger partial charge is 0.353 e. The van der Waals surface area contributed by atoms with Crippen LogP contribution in [-0.4, -0.2) is 40.5 Å². The molecule has 0 aliphatic carbocycles. The van der Waals surface area contributed by atoms with Crippen molar-refractivity contribution in [1.82, 2.24) is 14.9 Å². The van der Waals surface area contributed by atoms with Gasteiger partial charge in [-0.1, -0.05) is 26.7 Å². The van der Waals surface area contributed by atoms with Crippen LogP contribution >= 0.6 is 0 Å². The summed E-state index contributed by atoms with van der Waals surface area (Å²) in [5.41, 5.74) is -0.907. The number of nitrogens with zero attached hydrogens (tertiary/aromatic N) is 3. The zero-order valence-electron chi connectivity index (χ0n) is 13.7. The molecule has 4 nitrogen and oxygen atoms in total. The third-order valence-corrected chi connectivity index (χ3v) is 4.62. The number of likely N-dealkylation sites (tertiary alicyclic amines) is 1. The lowest BCUT2D eigenvalue weighted by atomic mass is 9.93. The second kappa shape index (κ2) is 7.95. The van der Waals surface area contributed by atoms with Crippen LogP contribution in [0.5, 0.6) is 0 Å². The first-order chi connectivity index (χ1) is 11.0. The number of halogens is 3. The van der Waals surface area contributed by atoms with Gasteiger partial charge in [-0.3, -0.25) is 4.90 Å². The maximum atomic E-state index is 12.7. The molecule has 0 unspecified atom stereocenters. The standard InChI is InChI=1S/C16H25F3N4/c1-3-12(4-2)13(23-9-5-6-10-23)11-21-15-20-8-7-14(22-15)16(17,18)19/h7-8,12-13H,3-6,9-11H2,1-2H3,(H,20,21,22)/t13-/m1/s1. The normalized spacial score (nSPS) is 17.7. The van der Waals surface area contributed by atoms with Gasteiger partial charge >= 0.3 is 6.18 Å². The summed E-state index contributed by atoms with van der Waals surface area (Å²) in [4.78, 5) is 9.95. The SMILES string of the molecule is CCC(CC)[C@@H](CNc1nccc(C(F)(F)F)n1)N1CCCC1. The van der Waals surface area contributed by atoms with E-state index in [2.05, 4.69) is 34.0 Å². The first-order valence-corrected chi connectivity index (χ1v) is 8.33. The highest BCUT2D eigenvalue weighted by Gasteiger charge is 2.33. The molecular formula is C16H25F3N4. The topological polar surface area (TPSA) is 41.1 Å². The number of rotatable bonds is 7. The Hall–Kier alpha value is -1.37. The average Bonchev–Trinajstić information content (AvgIpc) is 3.05. The van der Waals surface area contributed by atoms with Gasteiger partial charge < -0.3 is 5.32 Å². The third kappa shape index (κ3) is 4.80. The lowest BCUT2D eigenvalue weighted by molar-refractivity contribution is -0.141. The lowest BCUT2D eigenvalue weighted by Gasteiger charge is -2.33. The van der Waals surface area contributed by atoms with Crippen LogP contribution in [0.2, 0.25) is 0 Å². The Bertz CT molecular complexity index is 480. The Labute approximate surface area is 135 Å². The van der Waals surface area contributed by atoms with Crippen LogP contribution in [0.3, 0.4) is 0 Å². The van der Waals surface area contributed by atoms with Crippen molar-refractivity contribution in [2.24, 2.45) is 5.92 Å². The summed E-state index contributed by atoms with van der Waals surface area (Å²) in [5.74, 6) is 0.571. The van der Waals surface area contributed by atoms with E-state index in [0.29, 0.717) is 18.5 Å². The average molecular weight is 330 g/mol. The minimum atomic E-state index is -4.44. The molecule has 7 heteroatoms. The maximum Gasteiger partial charge on any atom is 0.433 e. The zero-order chi connectivity index (χ0) is 16.9. The summed E-state index contributed by atoms with van der Waals surface area (Å²) < 4.78 is 38.2. The Morgan fingerprint density at radius 2 is 1.87 bits per heavy atom. The van der Waals surface area contributed by atoms with E-state index in [9.17, 15) is 13.2 Å². The predicted molar refractivity (Wildman–Crippen MR) is 84.2 cm³/mol. The van der Waals surface area contributed by atoms with Gasteiger partial charge in [0.2, 0.25) is 5.95 Å². The van der Waals surface area contributed by atoms with Crippen molar-refractivity contribution in [2.75, 3.05) is 25.0 Å². The molecule has 1 atom stereocenters. The molecule has 1 aliphatic rings. The van der Waals surface area contributed by atoms with Crippen molar-refractivity contribution >= 4 is 5.95 Å². The molecule has 1 fully saturated rings. The van der Waals surface area contributed by atoms with E-state index in [1.807, 2.05) is 0 Å². The highest BCUT2D eigenvalue weighted by Crippen LogP contribution is 2.28. The molecular weight excluding hydrogens is 305 g/mol. The van der Waals surface area contributed by atoms with E-state index in [-0.39, 0.29) is 5.95 Å². The fraction of sp³-hybridized carbons (Fsp3) is 0.750. The quantitative estimate of drug-likeness (QED) is 0.825. The number of alkyl halides is 3. The molecule has 0 aromatic carbocycles. The Kier molecular flexibility index (Phi) is 6.21. The Morgan fingerprint density at radius 3 is 2.43 bits per heavy atom. The van der Waals surface area contributed by atoms with Crippen molar-refractivity contribution < 1.29 is 13.2 Å². The van der Waals surface area contributed by atoms with Crippen LogP contribution in [0.15, 0.2) is 12.3 Å². The Balaban J connectivity index is 2.05. The first-order valence-electron chi connectivity index (χ1n) is 8.33. The first kappa shape index (κ1) is 18.0. The number of aromatic nitrogens is 2. The zero-order valence-corrected chi connectivity index (χ0v) is 13.7. The minimum absolute atomic E-state index is 0.0509. The van der Waals surface area contributed by atoms with Crippen molar-refractivity contribution in [1.29, 1.82) is 0 Å². The fourth-order valence-corrected chi connectivity index (χ4v) is 3.30. The maximum absolute atomic E-state index is 12.7. The molecule has 0 bridgehead atoms. The van der Waals surface area contributed by atoms with Gasteiger partial charge in [-0.25, -0.2) is 9.97 Å². The molecule has 1 saturated heterocycles. The fourth-order valence-electron chi connectivity index (χ4n) is 3.30. The summed E-state index contributed by atoms with van der Waals surface area (Å²) in [6.45, 7) is 7.03.